The molecule has 5 nitrogen and oxygen atoms in total. The smallest absolute Gasteiger partial charge is 0.230 e. The number of nitrogens with one attached hydrogen (secondary N) is 1. The van der Waals surface area contributed by atoms with E-state index < -0.39 is 6.67 Å². The molecule has 1 N–H and O–H groups in total. The van der Waals surface area contributed by atoms with Gasteiger partial charge in [0.25, 0.3) is 0 Å². The average Bonchev–Trinajstić information content (AvgIpc) is 2.62. The van der Waals surface area contributed by atoms with E-state index in [1.807, 2.05) is 11.0 Å². The Kier molecular flexibility index (Phi) is 6.24. The van der Waals surface area contributed by atoms with Crippen LogP contribution in [0.15, 0.2) is 42.5 Å². The van der Waals surface area contributed by atoms with Gasteiger partial charge in [0.05, 0.1) is 18.7 Å². The first-order valence-electron chi connectivity index (χ1n) is 8.73. The number of halogens is 2. The Morgan fingerprint density at radius 1 is 1.26 bits per heavy atom. The summed E-state index contributed by atoms with van der Waals surface area (Å²) < 4.78 is 36.4. The molecule has 1 fully saturated rings. The van der Waals surface area contributed by atoms with E-state index in [4.69, 9.17) is 9.47 Å². The highest BCUT2D eigenvalue weighted by molar-refractivity contribution is 5.94. The van der Waals surface area contributed by atoms with Gasteiger partial charge in [-0.2, -0.15) is 0 Å². The number of benzene rings is 2. The number of likely N-dealkylation sites (tertiary alicyclic amines) is 1. The van der Waals surface area contributed by atoms with Gasteiger partial charge in [0.2, 0.25) is 5.91 Å². The molecule has 0 spiro atoms. The first kappa shape index (κ1) is 19.1. The molecule has 1 aliphatic heterocycles. The minimum atomic E-state index is -0.407. The molecule has 0 aliphatic carbocycles. The fourth-order valence-corrected chi connectivity index (χ4v) is 2.94. The number of ether oxygens (including phenoxy) is 2. The lowest BCUT2D eigenvalue weighted by Gasteiger charge is -2.37. The second-order valence-corrected chi connectivity index (χ2v) is 6.42. The highest BCUT2D eigenvalue weighted by Gasteiger charge is 2.32. The van der Waals surface area contributed by atoms with Crippen LogP contribution in [0.2, 0.25) is 0 Å². The number of hydrogen-bond acceptors (Lipinski definition) is 4. The molecule has 2 aromatic carbocycles. The summed E-state index contributed by atoms with van der Waals surface area (Å²) in [7, 11) is 1.53. The van der Waals surface area contributed by atoms with Crippen LogP contribution in [-0.2, 0) is 11.4 Å². The van der Waals surface area contributed by atoms with E-state index in [-0.39, 0.29) is 24.2 Å². The molecule has 1 heterocycles. The zero-order chi connectivity index (χ0) is 19.2. The van der Waals surface area contributed by atoms with Crippen molar-refractivity contribution in [1.29, 1.82) is 0 Å². The summed E-state index contributed by atoms with van der Waals surface area (Å²) in [6, 6.07) is 11.3. The van der Waals surface area contributed by atoms with Gasteiger partial charge >= 0.3 is 0 Å². The van der Waals surface area contributed by atoms with Crippen LogP contribution in [0.1, 0.15) is 5.56 Å². The second-order valence-electron chi connectivity index (χ2n) is 6.42. The van der Waals surface area contributed by atoms with Crippen LogP contribution in [0.5, 0.6) is 11.5 Å². The van der Waals surface area contributed by atoms with E-state index in [1.54, 1.807) is 24.3 Å². The van der Waals surface area contributed by atoms with Crippen molar-refractivity contribution >= 4 is 11.6 Å². The Balaban J connectivity index is 1.62. The van der Waals surface area contributed by atoms with E-state index in [2.05, 4.69) is 5.32 Å². The molecule has 27 heavy (non-hydrogen) atoms. The molecule has 1 amide bonds. The molecule has 1 aliphatic rings. The summed E-state index contributed by atoms with van der Waals surface area (Å²) in [5.74, 6) is 0.328. The highest BCUT2D eigenvalue weighted by Crippen LogP contribution is 2.28. The molecule has 2 aromatic rings. The molecule has 0 aromatic heterocycles. The molecule has 0 unspecified atom stereocenters. The van der Waals surface area contributed by atoms with Gasteiger partial charge in [-0.1, -0.05) is 12.1 Å². The summed E-state index contributed by atoms with van der Waals surface area (Å²) >= 11 is 0. The van der Waals surface area contributed by atoms with E-state index in [9.17, 15) is 13.6 Å². The summed E-state index contributed by atoms with van der Waals surface area (Å²) in [4.78, 5) is 14.3. The highest BCUT2D eigenvalue weighted by atomic mass is 19.1. The summed E-state index contributed by atoms with van der Waals surface area (Å²) in [5.41, 5.74) is 1.36. The summed E-state index contributed by atoms with van der Waals surface area (Å²) in [6.07, 6.45) is 0. The molecule has 144 valence electrons. The summed E-state index contributed by atoms with van der Waals surface area (Å²) in [5, 5.41) is 2.87. The van der Waals surface area contributed by atoms with Crippen molar-refractivity contribution in [2.24, 2.45) is 5.92 Å². The van der Waals surface area contributed by atoms with Gasteiger partial charge in [-0.15, -0.1) is 0 Å². The normalized spacial score (nSPS) is 14.5. The Morgan fingerprint density at radius 3 is 2.78 bits per heavy atom. The minimum Gasteiger partial charge on any atom is -0.495 e. The monoisotopic (exact) mass is 376 g/mol. The van der Waals surface area contributed by atoms with E-state index >= 15 is 0 Å². The molecule has 0 saturated carbocycles. The maximum absolute atomic E-state index is 13.2. The summed E-state index contributed by atoms with van der Waals surface area (Å²) in [6.45, 7) is 1.29. The topological polar surface area (TPSA) is 50.8 Å². The molecule has 3 rings (SSSR count). The predicted molar refractivity (Wildman–Crippen MR) is 98.3 cm³/mol. The molecule has 0 atom stereocenters. The Labute approximate surface area is 156 Å². The number of carbonyl (C=O) groups is 1. The van der Waals surface area contributed by atoms with E-state index in [1.165, 1.54) is 19.2 Å². The van der Waals surface area contributed by atoms with Crippen molar-refractivity contribution in [3.63, 3.8) is 0 Å². The van der Waals surface area contributed by atoms with Crippen molar-refractivity contribution in [2.75, 3.05) is 38.7 Å². The number of carbonyl (C=O) groups excluding carboxylic acids is 1. The van der Waals surface area contributed by atoms with Crippen molar-refractivity contribution < 1.29 is 23.0 Å². The van der Waals surface area contributed by atoms with Gasteiger partial charge in [0.15, 0.2) is 0 Å². The molecule has 0 radical (unpaired) electrons. The van der Waals surface area contributed by atoms with E-state index in [0.29, 0.717) is 36.8 Å². The predicted octanol–water partition coefficient (Wildman–Crippen LogP) is 3.25. The van der Waals surface area contributed by atoms with Crippen molar-refractivity contribution in [2.45, 2.75) is 6.61 Å². The fourth-order valence-electron chi connectivity index (χ4n) is 2.94. The first-order chi connectivity index (χ1) is 13.1. The number of alkyl halides is 1. The largest absolute Gasteiger partial charge is 0.495 e. The maximum Gasteiger partial charge on any atom is 0.230 e. The van der Waals surface area contributed by atoms with Crippen LogP contribution in [0.3, 0.4) is 0 Å². The third-order valence-corrected chi connectivity index (χ3v) is 4.45. The minimum absolute atomic E-state index is 0.119. The third-order valence-electron chi connectivity index (χ3n) is 4.45. The zero-order valence-corrected chi connectivity index (χ0v) is 15.1. The number of anilines is 1. The van der Waals surface area contributed by atoms with Crippen LogP contribution in [0.4, 0.5) is 14.5 Å². The second kappa shape index (κ2) is 8.81. The number of hydrogen-bond donors (Lipinski definition) is 1. The number of rotatable bonds is 8. The van der Waals surface area contributed by atoms with Crippen LogP contribution in [-0.4, -0.2) is 44.2 Å². The molecular formula is C20H22F2N2O3. The molecule has 1 saturated heterocycles. The average molecular weight is 376 g/mol. The van der Waals surface area contributed by atoms with Crippen LogP contribution in [0, 0.1) is 11.7 Å². The quantitative estimate of drug-likeness (QED) is 0.768. The Morgan fingerprint density at radius 2 is 2.07 bits per heavy atom. The first-order valence-corrected chi connectivity index (χ1v) is 8.73. The lowest BCUT2D eigenvalue weighted by Crippen LogP contribution is -2.52. The van der Waals surface area contributed by atoms with Crippen LogP contribution in [0.25, 0.3) is 0 Å². The SMILES string of the molecule is COc1ccc(COc2cccc(F)c2)cc1NC(=O)C1CN(CCF)C1. The van der Waals surface area contributed by atoms with Crippen molar-refractivity contribution in [3.8, 4) is 11.5 Å². The Hall–Kier alpha value is -2.67. The van der Waals surface area contributed by atoms with Crippen molar-refractivity contribution in [1.82, 2.24) is 4.90 Å². The molecular weight excluding hydrogens is 354 g/mol. The third kappa shape index (κ3) is 4.95. The van der Waals surface area contributed by atoms with Gasteiger partial charge in [-0.3, -0.25) is 9.69 Å². The number of nitrogens with zero attached hydrogens (tertiary/aromatic N) is 1. The molecule has 7 heteroatoms. The molecule has 0 bridgehead atoms. The maximum atomic E-state index is 13.2. The van der Waals surface area contributed by atoms with Crippen LogP contribution < -0.4 is 14.8 Å². The fraction of sp³-hybridized carbons (Fsp3) is 0.350. The van der Waals surface area contributed by atoms with Gasteiger partial charge < -0.3 is 14.8 Å². The van der Waals surface area contributed by atoms with E-state index in [0.717, 1.165) is 5.56 Å². The number of methoxy groups -OCH3 is 1. The number of amides is 1. The lowest BCUT2D eigenvalue weighted by atomic mass is 9.99. The Bertz CT molecular complexity index is 795. The van der Waals surface area contributed by atoms with Gasteiger partial charge in [0.1, 0.15) is 30.6 Å². The van der Waals surface area contributed by atoms with Gasteiger partial charge in [-0.05, 0) is 29.8 Å². The van der Waals surface area contributed by atoms with Gasteiger partial charge in [0, 0.05) is 25.7 Å². The standard InChI is InChI=1S/C20H22F2N2O3/c1-26-19-6-5-14(13-27-17-4-2-3-16(22)10-17)9-18(19)23-20(25)15-11-24(12-15)8-7-21/h2-6,9-10,15H,7-8,11-13H2,1H3,(H,23,25). The van der Waals surface area contributed by atoms with Crippen molar-refractivity contribution in [3.05, 3.63) is 53.8 Å². The van der Waals surface area contributed by atoms with Gasteiger partial charge in [-0.25, -0.2) is 8.78 Å². The van der Waals surface area contributed by atoms with Crippen LogP contribution >= 0.6 is 0 Å². The zero-order valence-electron chi connectivity index (χ0n) is 15.1. The lowest BCUT2D eigenvalue weighted by molar-refractivity contribution is -0.124.